The molecule has 0 spiro atoms. The number of hydrogen-bond acceptors (Lipinski definition) is 4. The predicted molar refractivity (Wildman–Crippen MR) is 80.1 cm³/mol. The van der Waals surface area contributed by atoms with E-state index in [-0.39, 0.29) is 11.7 Å². The smallest absolute Gasteiger partial charge is 0.358 e. The molecule has 0 saturated carbocycles. The Morgan fingerprint density at radius 1 is 1.43 bits per heavy atom. The average Bonchev–Trinajstić information content (AvgIpc) is 2.82. The number of nitro groups is 1. The van der Waals surface area contributed by atoms with Gasteiger partial charge in [0.15, 0.2) is 6.04 Å². The third-order valence-corrected chi connectivity index (χ3v) is 3.41. The zero-order valence-corrected chi connectivity index (χ0v) is 13.0. The number of nitrogens with zero attached hydrogens (tertiary/aromatic N) is 3. The number of rotatable bonds is 9. The first kappa shape index (κ1) is 17.1. The van der Waals surface area contributed by atoms with Crippen molar-refractivity contribution >= 4 is 11.7 Å². The van der Waals surface area contributed by atoms with E-state index in [4.69, 9.17) is 0 Å². The number of hydrogen-bond donors (Lipinski definition) is 1. The predicted octanol–water partition coefficient (Wildman–Crippen LogP) is 2.75. The van der Waals surface area contributed by atoms with Crippen LogP contribution in [0.4, 0.5) is 5.82 Å². The molecule has 1 rings (SSSR count). The molecule has 0 fully saturated rings. The molecule has 0 aromatic carbocycles. The molecule has 21 heavy (non-hydrogen) atoms. The maximum absolute atomic E-state index is 12.2. The Balaban J connectivity index is 2.65. The van der Waals surface area contributed by atoms with Gasteiger partial charge in [-0.1, -0.05) is 33.1 Å². The second kappa shape index (κ2) is 8.39. The van der Waals surface area contributed by atoms with Crippen LogP contribution < -0.4 is 5.32 Å². The number of carbonyl (C=O) groups is 1. The summed E-state index contributed by atoms with van der Waals surface area (Å²) in [6.07, 6.45) is 4.91. The van der Waals surface area contributed by atoms with E-state index in [1.165, 1.54) is 10.7 Å². The normalized spacial score (nSPS) is 12.1. The summed E-state index contributed by atoms with van der Waals surface area (Å²) in [6.45, 7) is 6.36. The van der Waals surface area contributed by atoms with Gasteiger partial charge in [-0.05, 0) is 24.7 Å². The summed E-state index contributed by atoms with van der Waals surface area (Å²) in [7, 11) is 0. The fourth-order valence-corrected chi connectivity index (χ4v) is 2.23. The monoisotopic (exact) mass is 296 g/mol. The molecule has 1 N–H and O–H groups in total. The van der Waals surface area contributed by atoms with Crippen LogP contribution in [0.5, 0.6) is 0 Å². The number of nitrogens with one attached hydrogen (secondary N) is 1. The SMILES string of the molecule is CCCCCCNC(=O)C(CC)n1nc([N+](=O)[O-])cc1C. The third kappa shape index (κ3) is 4.84. The Morgan fingerprint density at radius 2 is 2.14 bits per heavy atom. The highest BCUT2D eigenvalue weighted by Gasteiger charge is 2.26. The minimum Gasteiger partial charge on any atom is -0.358 e. The summed E-state index contributed by atoms with van der Waals surface area (Å²) in [5, 5.41) is 17.6. The lowest BCUT2D eigenvalue weighted by Gasteiger charge is -2.14. The molecule has 0 aliphatic heterocycles. The number of unbranched alkanes of at least 4 members (excludes halogenated alkanes) is 3. The minimum absolute atomic E-state index is 0.130. The Bertz CT molecular complexity index is 485. The van der Waals surface area contributed by atoms with Gasteiger partial charge in [-0.3, -0.25) is 4.79 Å². The van der Waals surface area contributed by atoms with Crippen molar-refractivity contribution < 1.29 is 9.72 Å². The number of aromatic nitrogens is 2. The van der Waals surface area contributed by atoms with E-state index in [2.05, 4.69) is 17.3 Å². The summed E-state index contributed by atoms with van der Waals surface area (Å²) in [4.78, 5) is 22.4. The van der Waals surface area contributed by atoms with E-state index in [1.807, 2.05) is 6.92 Å². The van der Waals surface area contributed by atoms with Crippen LogP contribution in [-0.2, 0) is 4.79 Å². The molecule has 0 aliphatic carbocycles. The Kier molecular flexibility index (Phi) is 6.84. The molecule has 0 radical (unpaired) electrons. The van der Waals surface area contributed by atoms with Gasteiger partial charge in [-0.25, -0.2) is 0 Å². The van der Waals surface area contributed by atoms with Crippen LogP contribution in [0.15, 0.2) is 6.07 Å². The molecule has 1 unspecified atom stereocenters. The molecular weight excluding hydrogens is 272 g/mol. The lowest BCUT2D eigenvalue weighted by atomic mass is 10.2. The summed E-state index contributed by atoms with van der Waals surface area (Å²) in [5.74, 6) is -0.350. The molecule has 7 heteroatoms. The summed E-state index contributed by atoms with van der Waals surface area (Å²) < 4.78 is 1.44. The van der Waals surface area contributed by atoms with Crippen molar-refractivity contribution in [3.63, 3.8) is 0 Å². The van der Waals surface area contributed by atoms with Crippen molar-refractivity contribution in [2.75, 3.05) is 6.54 Å². The Morgan fingerprint density at radius 3 is 2.67 bits per heavy atom. The van der Waals surface area contributed by atoms with Crippen molar-refractivity contribution in [1.29, 1.82) is 0 Å². The molecule has 1 amide bonds. The summed E-state index contributed by atoms with van der Waals surface area (Å²) in [5.41, 5.74) is 0.620. The van der Waals surface area contributed by atoms with Crippen molar-refractivity contribution in [2.24, 2.45) is 0 Å². The van der Waals surface area contributed by atoms with Gasteiger partial charge < -0.3 is 15.4 Å². The number of amides is 1. The largest absolute Gasteiger partial charge is 0.390 e. The highest BCUT2D eigenvalue weighted by Crippen LogP contribution is 2.18. The molecular formula is C14H24N4O3. The van der Waals surface area contributed by atoms with Gasteiger partial charge in [0.2, 0.25) is 5.91 Å². The van der Waals surface area contributed by atoms with Crippen molar-refractivity contribution in [1.82, 2.24) is 15.1 Å². The van der Waals surface area contributed by atoms with Crippen molar-refractivity contribution in [3.05, 3.63) is 21.9 Å². The van der Waals surface area contributed by atoms with Crippen LogP contribution >= 0.6 is 0 Å². The summed E-state index contributed by atoms with van der Waals surface area (Å²) in [6, 6.07) is 0.891. The molecule has 1 heterocycles. The van der Waals surface area contributed by atoms with E-state index < -0.39 is 11.0 Å². The first-order valence-electron chi connectivity index (χ1n) is 7.49. The van der Waals surface area contributed by atoms with E-state index >= 15 is 0 Å². The zero-order valence-electron chi connectivity index (χ0n) is 13.0. The Labute approximate surface area is 124 Å². The van der Waals surface area contributed by atoms with Crippen LogP contribution in [0.3, 0.4) is 0 Å². The van der Waals surface area contributed by atoms with Crippen LogP contribution in [-0.4, -0.2) is 27.2 Å². The molecule has 0 aliphatic rings. The van der Waals surface area contributed by atoms with Crippen LogP contribution in [0.25, 0.3) is 0 Å². The number of carbonyl (C=O) groups excluding carboxylic acids is 1. The average molecular weight is 296 g/mol. The summed E-state index contributed by atoms with van der Waals surface area (Å²) >= 11 is 0. The molecule has 0 saturated heterocycles. The second-order valence-corrected chi connectivity index (χ2v) is 5.12. The molecule has 7 nitrogen and oxygen atoms in total. The standard InChI is InChI=1S/C14H24N4O3/c1-4-6-7-8-9-15-14(19)12(5-2)17-11(3)10-13(16-17)18(20)21/h10,12H,4-9H2,1-3H3,(H,15,19). The van der Waals surface area contributed by atoms with Crippen LogP contribution in [0.2, 0.25) is 0 Å². The zero-order chi connectivity index (χ0) is 15.8. The second-order valence-electron chi connectivity index (χ2n) is 5.12. The highest BCUT2D eigenvalue weighted by molar-refractivity contribution is 5.80. The lowest BCUT2D eigenvalue weighted by molar-refractivity contribution is -0.389. The first-order chi connectivity index (χ1) is 10.0. The van der Waals surface area contributed by atoms with Crippen molar-refractivity contribution in [3.8, 4) is 0 Å². The van der Waals surface area contributed by atoms with Gasteiger partial charge in [0.05, 0.1) is 16.9 Å². The van der Waals surface area contributed by atoms with E-state index in [9.17, 15) is 14.9 Å². The topological polar surface area (TPSA) is 90.1 Å². The minimum atomic E-state index is -0.543. The van der Waals surface area contributed by atoms with Crippen molar-refractivity contribution in [2.45, 2.75) is 58.9 Å². The van der Waals surface area contributed by atoms with Gasteiger partial charge in [0.1, 0.15) is 0 Å². The van der Waals surface area contributed by atoms with E-state index in [1.54, 1.807) is 6.92 Å². The van der Waals surface area contributed by atoms with Gasteiger partial charge in [0, 0.05) is 6.54 Å². The van der Waals surface area contributed by atoms with Crippen LogP contribution in [0, 0.1) is 17.0 Å². The third-order valence-electron chi connectivity index (χ3n) is 3.41. The van der Waals surface area contributed by atoms with Gasteiger partial charge >= 0.3 is 5.82 Å². The maximum atomic E-state index is 12.2. The molecule has 1 aromatic heterocycles. The van der Waals surface area contributed by atoms with Crippen LogP contribution in [0.1, 0.15) is 57.7 Å². The molecule has 118 valence electrons. The fourth-order valence-electron chi connectivity index (χ4n) is 2.23. The quantitative estimate of drug-likeness (QED) is 0.431. The molecule has 1 aromatic rings. The molecule has 0 bridgehead atoms. The lowest BCUT2D eigenvalue weighted by Crippen LogP contribution is -2.33. The van der Waals surface area contributed by atoms with E-state index in [0.717, 1.165) is 25.7 Å². The van der Waals surface area contributed by atoms with E-state index in [0.29, 0.717) is 18.7 Å². The van der Waals surface area contributed by atoms with Gasteiger partial charge in [-0.2, -0.15) is 4.68 Å². The van der Waals surface area contributed by atoms with Gasteiger partial charge in [-0.15, -0.1) is 0 Å². The fraction of sp³-hybridized carbons (Fsp3) is 0.714. The van der Waals surface area contributed by atoms with Gasteiger partial charge in [0.25, 0.3) is 0 Å². The number of aryl methyl sites for hydroxylation is 1. The Hall–Kier alpha value is -1.92. The highest BCUT2D eigenvalue weighted by atomic mass is 16.6. The molecule has 1 atom stereocenters. The first-order valence-corrected chi connectivity index (χ1v) is 7.49. The maximum Gasteiger partial charge on any atom is 0.390 e.